The van der Waals surface area contributed by atoms with Crippen LogP contribution in [0.2, 0.25) is 0 Å². The van der Waals surface area contributed by atoms with Crippen LogP contribution in [0, 0.1) is 23.7 Å². The van der Waals surface area contributed by atoms with Gasteiger partial charge in [0.15, 0.2) is 0 Å². The van der Waals surface area contributed by atoms with E-state index in [0.717, 1.165) is 42.2 Å². The first-order valence-corrected chi connectivity index (χ1v) is 10.9. The molecular weight excluding hydrogens is 346 g/mol. The Bertz CT molecular complexity index is 723. The molecule has 4 atom stereocenters. The highest BCUT2D eigenvalue weighted by molar-refractivity contribution is 7.17. The number of carbonyl (C=O) groups is 2. The maximum atomic E-state index is 12.9. The second-order valence-electron chi connectivity index (χ2n) is 8.78. The average molecular weight is 376 g/mol. The molecule has 3 aliphatic rings. The minimum absolute atomic E-state index is 0.113. The van der Waals surface area contributed by atoms with Crippen LogP contribution in [0.1, 0.15) is 73.7 Å². The zero-order valence-corrected chi connectivity index (χ0v) is 16.8. The Morgan fingerprint density at radius 1 is 1.19 bits per heavy atom. The second-order valence-corrected chi connectivity index (χ2v) is 9.89. The van der Waals surface area contributed by atoms with Crippen LogP contribution in [0.15, 0.2) is 0 Å². The molecule has 4 nitrogen and oxygen atoms in total. The summed E-state index contributed by atoms with van der Waals surface area (Å²) >= 11 is 1.60. The van der Waals surface area contributed by atoms with Crippen LogP contribution >= 0.6 is 11.3 Å². The zero-order valence-electron chi connectivity index (χ0n) is 16.0. The van der Waals surface area contributed by atoms with Gasteiger partial charge in [-0.05, 0) is 75.7 Å². The molecule has 0 spiro atoms. The van der Waals surface area contributed by atoms with Gasteiger partial charge in [-0.2, -0.15) is 0 Å². The Morgan fingerprint density at radius 3 is 2.65 bits per heavy atom. The van der Waals surface area contributed by atoms with Gasteiger partial charge in [-0.1, -0.05) is 13.3 Å². The van der Waals surface area contributed by atoms with Gasteiger partial charge >= 0.3 is 5.97 Å². The number of thiophene rings is 1. The monoisotopic (exact) mass is 375 g/mol. The van der Waals surface area contributed by atoms with Crippen LogP contribution in [0.3, 0.4) is 0 Å². The number of carbonyl (C=O) groups excluding carboxylic acids is 2. The third-order valence-electron chi connectivity index (χ3n) is 6.37. The standard InChI is InChI=1S/C21H29NO3S/c1-11(2)25-21(24)18-15-7-4-12(3)8-17(15)26-20(18)22-19(23)16-10-13-5-6-14(16)9-13/h11-14,16H,4-10H2,1-3H3,(H,22,23)/t12-,13-,14-,16+/m0/s1. The van der Waals surface area contributed by atoms with Crippen LogP contribution in [0.25, 0.3) is 0 Å². The summed E-state index contributed by atoms with van der Waals surface area (Å²) < 4.78 is 5.50. The molecule has 2 saturated carbocycles. The minimum atomic E-state index is -0.282. The molecule has 142 valence electrons. The van der Waals surface area contributed by atoms with E-state index in [9.17, 15) is 9.59 Å². The lowest BCUT2D eigenvalue weighted by Crippen LogP contribution is -2.27. The van der Waals surface area contributed by atoms with Crippen molar-refractivity contribution in [2.45, 2.75) is 71.8 Å². The fourth-order valence-electron chi connectivity index (χ4n) is 5.10. The smallest absolute Gasteiger partial charge is 0.341 e. The molecule has 5 heteroatoms. The molecule has 2 fully saturated rings. The van der Waals surface area contributed by atoms with Gasteiger partial charge in [0.1, 0.15) is 5.00 Å². The van der Waals surface area contributed by atoms with E-state index in [4.69, 9.17) is 4.74 Å². The normalized spacial score (nSPS) is 29.7. The van der Waals surface area contributed by atoms with Crippen LogP contribution < -0.4 is 5.32 Å². The Kier molecular flexibility index (Phi) is 4.84. The summed E-state index contributed by atoms with van der Waals surface area (Å²) in [6.07, 6.45) is 7.52. The third-order valence-corrected chi connectivity index (χ3v) is 7.54. The van der Waals surface area contributed by atoms with Gasteiger partial charge in [0.2, 0.25) is 5.91 Å². The lowest BCUT2D eigenvalue weighted by molar-refractivity contribution is -0.121. The molecule has 1 heterocycles. The van der Waals surface area contributed by atoms with Crippen LogP contribution in [0.5, 0.6) is 0 Å². The number of hydrogen-bond acceptors (Lipinski definition) is 4. The highest BCUT2D eigenvalue weighted by Gasteiger charge is 2.43. The van der Waals surface area contributed by atoms with E-state index in [0.29, 0.717) is 17.4 Å². The fraction of sp³-hybridized carbons (Fsp3) is 0.714. The summed E-state index contributed by atoms with van der Waals surface area (Å²) in [5, 5.41) is 3.87. The molecule has 1 aromatic rings. The molecule has 26 heavy (non-hydrogen) atoms. The quantitative estimate of drug-likeness (QED) is 0.768. The van der Waals surface area contributed by atoms with Gasteiger partial charge in [-0.15, -0.1) is 11.3 Å². The Hall–Kier alpha value is -1.36. The van der Waals surface area contributed by atoms with E-state index in [-0.39, 0.29) is 23.9 Å². The van der Waals surface area contributed by atoms with Crippen LogP contribution in [-0.2, 0) is 22.4 Å². The number of ether oxygens (including phenoxy) is 1. The average Bonchev–Trinajstić information content (AvgIpc) is 3.26. The fourth-order valence-corrected chi connectivity index (χ4v) is 6.50. The Balaban J connectivity index is 1.60. The molecule has 0 radical (unpaired) electrons. The van der Waals surface area contributed by atoms with Gasteiger partial charge in [0.05, 0.1) is 11.7 Å². The van der Waals surface area contributed by atoms with Crippen LogP contribution in [-0.4, -0.2) is 18.0 Å². The van der Waals surface area contributed by atoms with E-state index in [1.54, 1.807) is 11.3 Å². The van der Waals surface area contributed by atoms with Crippen molar-refractivity contribution in [1.29, 1.82) is 0 Å². The summed E-state index contributed by atoms with van der Waals surface area (Å²) in [5.74, 6) is 1.86. The predicted molar refractivity (Wildman–Crippen MR) is 104 cm³/mol. The van der Waals surface area contributed by atoms with Gasteiger partial charge in [0, 0.05) is 10.8 Å². The number of nitrogens with one attached hydrogen (secondary N) is 1. The molecule has 1 amide bonds. The SMILES string of the molecule is CC(C)OC(=O)c1c(NC(=O)[C@@H]2C[C@H]3CC[C@H]2C3)sc2c1CC[C@H](C)C2. The molecule has 0 unspecified atom stereocenters. The van der Waals surface area contributed by atoms with E-state index >= 15 is 0 Å². The zero-order chi connectivity index (χ0) is 18.4. The van der Waals surface area contributed by atoms with Crippen molar-refractivity contribution >= 4 is 28.2 Å². The number of rotatable bonds is 4. The van der Waals surface area contributed by atoms with E-state index in [1.165, 1.54) is 24.1 Å². The highest BCUT2D eigenvalue weighted by atomic mass is 32.1. The van der Waals surface area contributed by atoms with Gasteiger partial charge < -0.3 is 10.1 Å². The van der Waals surface area contributed by atoms with Crippen molar-refractivity contribution in [3.8, 4) is 0 Å². The lowest BCUT2D eigenvalue weighted by Gasteiger charge is -2.21. The minimum Gasteiger partial charge on any atom is -0.459 e. The number of fused-ring (bicyclic) bond motifs is 3. The van der Waals surface area contributed by atoms with E-state index in [1.807, 2.05) is 13.8 Å². The van der Waals surface area contributed by atoms with Gasteiger partial charge in [0.25, 0.3) is 0 Å². The first-order valence-electron chi connectivity index (χ1n) is 10.1. The number of hydrogen-bond donors (Lipinski definition) is 1. The highest BCUT2D eigenvalue weighted by Crippen LogP contribution is 2.49. The molecule has 2 bridgehead atoms. The molecule has 4 rings (SSSR count). The maximum Gasteiger partial charge on any atom is 0.341 e. The van der Waals surface area contributed by atoms with Crippen molar-refractivity contribution in [2.75, 3.05) is 5.32 Å². The molecule has 0 aliphatic heterocycles. The van der Waals surface area contributed by atoms with Crippen molar-refractivity contribution < 1.29 is 14.3 Å². The summed E-state index contributed by atoms with van der Waals surface area (Å²) in [7, 11) is 0. The predicted octanol–water partition coefficient (Wildman–Crippen LogP) is 4.81. The van der Waals surface area contributed by atoms with Crippen molar-refractivity contribution in [3.63, 3.8) is 0 Å². The molecule has 0 aromatic carbocycles. The topological polar surface area (TPSA) is 55.4 Å². The molecule has 1 aromatic heterocycles. The number of anilines is 1. The van der Waals surface area contributed by atoms with E-state index < -0.39 is 0 Å². The summed E-state index contributed by atoms with van der Waals surface area (Å²) in [4.78, 5) is 26.9. The van der Waals surface area contributed by atoms with Crippen molar-refractivity contribution in [3.05, 3.63) is 16.0 Å². The second kappa shape index (κ2) is 6.99. The summed E-state index contributed by atoms with van der Waals surface area (Å²) in [6.45, 7) is 5.99. The van der Waals surface area contributed by atoms with Crippen molar-refractivity contribution in [2.24, 2.45) is 23.7 Å². The molecular formula is C21H29NO3S. The Labute approximate surface area is 159 Å². The number of esters is 1. The maximum absolute atomic E-state index is 12.9. The molecule has 3 aliphatic carbocycles. The van der Waals surface area contributed by atoms with Crippen LogP contribution in [0.4, 0.5) is 5.00 Å². The summed E-state index contributed by atoms with van der Waals surface area (Å²) in [5.41, 5.74) is 1.74. The largest absolute Gasteiger partial charge is 0.459 e. The molecule has 1 N–H and O–H groups in total. The first-order chi connectivity index (χ1) is 12.4. The first kappa shape index (κ1) is 18.0. The van der Waals surface area contributed by atoms with Gasteiger partial charge in [-0.3, -0.25) is 4.79 Å². The molecule has 0 saturated heterocycles. The summed E-state index contributed by atoms with van der Waals surface area (Å²) in [6, 6.07) is 0. The van der Waals surface area contributed by atoms with Crippen molar-refractivity contribution in [1.82, 2.24) is 0 Å². The lowest BCUT2D eigenvalue weighted by atomic mass is 9.87. The third kappa shape index (κ3) is 3.30. The number of amides is 1. The van der Waals surface area contributed by atoms with E-state index in [2.05, 4.69) is 12.2 Å². The Morgan fingerprint density at radius 2 is 2.00 bits per heavy atom. The van der Waals surface area contributed by atoms with Gasteiger partial charge in [-0.25, -0.2) is 4.79 Å².